The van der Waals surface area contributed by atoms with Gasteiger partial charge in [-0.05, 0) is 87.8 Å². The molecule has 4 aliphatic carbocycles. The van der Waals surface area contributed by atoms with E-state index in [0.29, 0.717) is 26.4 Å². The number of methoxy groups -OCH3 is 1. The molecule has 0 aliphatic heterocycles. The molecule has 30 heavy (non-hydrogen) atoms. The number of carbonyl (C=O) groups excluding carboxylic acids is 1. The van der Waals surface area contributed by atoms with Crippen LogP contribution >= 0.6 is 0 Å². The Labute approximate surface area is 181 Å². The average molecular weight is 416 g/mol. The van der Waals surface area contributed by atoms with E-state index in [1.807, 2.05) is 26.0 Å². The zero-order valence-corrected chi connectivity index (χ0v) is 18.8. The number of nitrogens with zero attached hydrogens (tertiary/aromatic N) is 1. The van der Waals surface area contributed by atoms with Crippen LogP contribution in [-0.2, 0) is 20.8 Å². The number of rotatable bonds is 10. The van der Waals surface area contributed by atoms with Gasteiger partial charge in [0.05, 0.1) is 20.3 Å². The first-order valence-electron chi connectivity index (χ1n) is 11.7. The van der Waals surface area contributed by atoms with E-state index in [-0.39, 0.29) is 11.4 Å². The van der Waals surface area contributed by atoms with Crippen LogP contribution in [0.3, 0.4) is 0 Å². The van der Waals surface area contributed by atoms with Crippen molar-refractivity contribution in [2.75, 3.05) is 26.9 Å². The summed E-state index contributed by atoms with van der Waals surface area (Å²) in [6.07, 6.45) is 7.09. The lowest BCUT2D eigenvalue weighted by Gasteiger charge is -2.60. The molecule has 1 atom stereocenters. The molecular formula is C25H37NO4. The van der Waals surface area contributed by atoms with Crippen molar-refractivity contribution in [2.24, 2.45) is 17.8 Å². The molecule has 5 nitrogen and oxygen atoms in total. The highest BCUT2D eigenvalue weighted by molar-refractivity contribution is 5.81. The lowest BCUT2D eigenvalue weighted by atomic mass is 9.52. The second kappa shape index (κ2) is 9.27. The molecule has 0 heterocycles. The molecule has 0 radical (unpaired) electrons. The monoisotopic (exact) mass is 415 g/mol. The molecule has 1 aromatic rings. The number of hydrogen-bond donors (Lipinski definition) is 0. The molecule has 0 spiro atoms. The maximum Gasteiger partial charge on any atom is 0.252 e. The number of hydrogen-bond acceptors (Lipinski definition) is 4. The molecule has 5 rings (SSSR count). The predicted octanol–water partition coefficient (Wildman–Crippen LogP) is 4.43. The molecule has 0 unspecified atom stereocenters. The number of benzene rings is 1. The van der Waals surface area contributed by atoms with Gasteiger partial charge in [-0.1, -0.05) is 12.1 Å². The van der Waals surface area contributed by atoms with Gasteiger partial charge in [0, 0.05) is 18.7 Å². The van der Waals surface area contributed by atoms with Gasteiger partial charge in [0.2, 0.25) is 0 Å². The summed E-state index contributed by atoms with van der Waals surface area (Å²) in [6, 6.07) is 8.13. The fraction of sp³-hybridized carbons (Fsp3) is 0.720. The third-order valence-corrected chi connectivity index (χ3v) is 7.47. The SMILES string of the molecule is CCOCCO[C@@H](C)C(=O)N(Cc1cccc(OC)c1)C12CC3CC(CC(C3)C1)C2. The fourth-order valence-electron chi connectivity index (χ4n) is 6.55. The highest BCUT2D eigenvalue weighted by atomic mass is 16.5. The molecule has 4 fully saturated rings. The minimum absolute atomic E-state index is 0.00749. The standard InChI is InChI=1S/C25H37NO4/c1-4-29-8-9-30-18(2)24(27)26(17-19-6-5-7-23(13-19)28-3)25-14-20-10-21(15-25)12-22(11-20)16-25/h5-7,13,18,20-22H,4,8-12,14-17H2,1-3H3/t18-,20?,21?,22?,25?/m0/s1. The largest absolute Gasteiger partial charge is 0.497 e. The van der Waals surface area contributed by atoms with Crippen molar-refractivity contribution in [1.82, 2.24) is 4.90 Å². The van der Waals surface area contributed by atoms with E-state index in [4.69, 9.17) is 14.2 Å². The van der Waals surface area contributed by atoms with Crippen LogP contribution in [0.5, 0.6) is 5.75 Å². The quantitative estimate of drug-likeness (QED) is 0.530. The minimum Gasteiger partial charge on any atom is -0.497 e. The van der Waals surface area contributed by atoms with Crippen molar-refractivity contribution < 1.29 is 19.0 Å². The van der Waals surface area contributed by atoms with Crippen molar-refractivity contribution in [2.45, 2.75) is 70.6 Å². The van der Waals surface area contributed by atoms with Crippen LogP contribution < -0.4 is 4.74 Å². The van der Waals surface area contributed by atoms with E-state index < -0.39 is 6.10 Å². The Morgan fingerprint density at radius 3 is 2.40 bits per heavy atom. The lowest BCUT2D eigenvalue weighted by Crippen LogP contribution is -2.62. The van der Waals surface area contributed by atoms with Crippen molar-refractivity contribution in [3.8, 4) is 5.75 Å². The van der Waals surface area contributed by atoms with Gasteiger partial charge in [-0.15, -0.1) is 0 Å². The van der Waals surface area contributed by atoms with Crippen LogP contribution in [0.4, 0.5) is 0 Å². The second-order valence-corrected chi connectivity index (χ2v) is 9.63. The first-order chi connectivity index (χ1) is 14.5. The normalized spacial score (nSPS) is 30.3. The predicted molar refractivity (Wildman–Crippen MR) is 116 cm³/mol. The third kappa shape index (κ3) is 4.52. The van der Waals surface area contributed by atoms with E-state index >= 15 is 0 Å². The summed E-state index contributed by atoms with van der Waals surface area (Å²) < 4.78 is 16.7. The molecule has 0 aromatic heterocycles. The number of carbonyl (C=O) groups is 1. The molecule has 4 aliphatic rings. The molecule has 1 amide bonds. The number of amides is 1. The van der Waals surface area contributed by atoms with Gasteiger partial charge in [0.15, 0.2) is 0 Å². The maximum atomic E-state index is 13.7. The van der Waals surface area contributed by atoms with Crippen molar-refractivity contribution in [3.05, 3.63) is 29.8 Å². The van der Waals surface area contributed by atoms with Crippen molar-refractivity contribution >= 4 is 5.91 Å². The van der Waals surface area contributed by atoms with Gasteiger partial charge in [-0.3, -0.25) is 4.79 Å². The van der Waals surface area contributed by atoms with Crippen molar-refractivity contribution in [3.63, 3.8) is 0 Å². The smallest absolute Gasteiger partial charge is 0.252 e. The summed E-state index contributed by atoms with van der Waals surface area (Å²) in [5.74, 6) is 3.31. The summed E-state index contributed by atoms with van der Waals surface area (Å²) in [4.78, 5) is 15.9. The fourth-order valence-corrected chi connectivity index (χ4v) is 6.55. The Morgan fingerprint density at radius 2 is 1.80 bits per heavy atom. The summed E-state index contributed by atoms with van der Waals surface area (Å²) in [7, 11) is 1.69. The van der Waals surface area contributed by atoms with Crippen LogP contribution in [0.25, 0.3) is 0 Å². The zero-order valence-electron chi connectivity index (χ0n) is 18.8. The Bertz CT molecular complexity index is 698. The van der Waals surface area contributed by atoms with E-state index in [2.05, 4.69) is 17.0 Å². The highest BCUT2D eigenvalue weighted by Gasteiger charge is 2.55. The average Bonchev–Trinajstić information content (AvgIpc) is 2.73. The summed E-state index contributed by atoms with van der Waals surface area (Å²) in [5, 5.41) is 0. The van der Waals surface area contributed by atoms with E-state index in [0.717, 1.165) is 48.3 Å². The molecule has 0 N–H and O–H groups in total. The van der Waals surface area contributed by atoms with Gasteiger partial charge < -0.3 is 19.1 Å². The zero-order chi connectivity index (χ0) is 21.1. The Hall–Kier alpha value is -1.59. The second-order valence-electron chi connectivity index (χ2n) is 9.63. The Morgan fingerprint density at radius 1 is 1.13 bits per heavy atom. The molecule has 1 aromatic carbocycles. The Kier molecular flexibility index (Phi) is 6.69. The lowest BCUT2D eigenvalue weighted by molar-refractivity contribution is -0.163. The maximum absolute atomic E-state index is 13.7. The molecule has 0 saturated heterocycles. The molecular weight excluding hydrogens is 378 g/mol. The third-order valence-electron chi connectivity index (χ3n) is 7.47. The molecule has 5 heteroatoms. The van der Waals surface area contributed by atoms with Gasteiger partial charge in [-0.25, -0.2) is 0 Å². The van der Waals surface area contributed by atoms with Gasteiger partial charge in [0.1, 0.15) is 11.9 Å². The van der Waals surface area contributed by atoms with E-state index in [1.165, 1.54) is 19.3 Å². The molecule has 166 valence electrons. The van der Waals surface area contributed by atoms with E-state index in [1.54, 1.807) is 7.11 Å². The van der Waals surface area contributed by atoms with Crippen LogP contribution in [0.15, 0.2) is 24.3 Å². The molecule has 4 saturated carbocycles. The Balaban J connectivity index is 1.56. The minimum atomic E-state index is -0.455. The van der Waals surface area contributed by atoms with Crippen LogP contribution in [-0.4, -0.2) is 49.4 Å². The van der Waals surface area contributed by atoms with Crippen LogP contribution in [0.2, 0.25) is 0 Å². The van der Waals surface area contributed by atoms with Gasteiger partial charge >= 0.3 is 0 Å². The summed E-state index contributed by atoms with van der Waals surface area (Å²) in [5.41, 5.74) is 1.12. The number of ether oxygens (including phenoxy) is 3. The van der Waals surface area contributed by atoms with Crippen molar-refractivity contribution in [1.29, 1.82) is 0 Å². The van der Waals surface area contributed by atoms with E-state index in [9.17, 15) is 4.79 Å². The van der Waals surface area contributed by atoms with Gasteiger partial charge in [-0.2, -0.15) is 0 Å². The van der Waals surface area contributed by atoms with Crippen LogP contribution in [0, 0.1) is 17.8 Å². The van der Waals surface area contributed by atoms with Gasteiger partial charge in [0.25, 0.3) is 5.91 Å². The van der Waals surface area contributed by atoms with Crippen LogP contribution in [0.1, 0.15) is 57.9 Å². The summed E-state index contributed by atoms with van der Waals surface area (Å²) in [6.45, 7) is 6.14. The summed E-state index contributed by atoms with van der Waals surface area (Å²) >= 11 is 0. The first kappa shape index (κ1) is 21.6. The molecule has 4 bridgehead atoms. The highest BCUT2D eigenvalue weighted by Crippen LogP contribution is 2.58. The topological polar surface area (TPSA) is 48.0 Å². The first-order valence-corrected chi connectivity index (χ1v) is 11.7.